The molecule has 5 heteroatoms. The van der Waals surface area contributed by atoms with Crippen LogP contribution in [0.1, 0.15) is 24.9 Å². The van der Waals surface area contributed by atoms with Gasteiger partial charge in [0.2, 0.25) is 11.8 Å². The lowest BCUT2D eigenvalue weighted by atomic mass is 10.0. The third-order valence-corrected chi connectivity index (χ3v) is 2.77. The standard InChI is InChI=1S/C14H20N2O3/c1-10(17)15-13(9-14(18)16(2)3)11-5-7-12(19-4)8-6-11/h5-8,13H,9H2,1-4H3,(H,15,17). The molecule has 19 heavy (non-hydrogen) atoms. The van der Waals surface area contributed by atoms with Crippen molar-refractivity contribution in [2.75, 3.05) is 21.2 Å². The Labute approximate surface area is 113 Å². The van der Waals surface area contributed by atoms with Gasteiger partial charge in [-0.05, 0) is 17.7 Å². The van der Waals surface area contributed by atoms with Crippen LogP contribution in [0.2, 0.25) is 0 Å². The van der Waals surface area contributed by atoms with Gasteiger partial charge in [-0.2, -0.15) is 0 Å². The maximum Gasteiger partial charge on any atom is 0.224 e. The topological polar surface area (TPSA) is 58.6 Å². The van der Waals surface area contributed by atoms with Gasteiger partial charge >= 0.3 is 0 Å². The lowest BCUT2D eigenvalue weighted by Crippen LogP contribution is -2.32. The fraction of sp³-hybridized carbons (Fsp3) is 0.429. The van der Waals surface area contributed by atoms with E-state index in [1.165, 1.54) is 11.8 Å². The SMILES string of the molecule is COc1ccc(C(CC(=O)N(C)C)NC(C)=O)cc1. The summed E-state index contributed by atoms with van der Waals surface area (Å²) in [6, 6.07) is 7.00. The fourth-order valence-corrected chi connectivity index (χ4v) is 1.69. The van der Waals surface area contributed by atoms with Crippen molar-refractivity contribution < 1.29 is 14.3 Å². The summed E-state index contributed by atoms with van der Waals surface area (Å²) in [7, 11) is 4.98. The zero-order valence-electron chi connectivity index (χ0n) is 11.8. The Morgan fingerprint density at radius 1 is 1.26 bits per heavy atom. The molecule has 0 saturated heterocycles. The van der Waals surface area contributed by atoms with Crippen LogP contribution in [0, 0.1) is 0 Å². The molecule has 1 N–H and O–H groups in total. The Hall–Kier alpha value is -2.04. The van der Waals surface area contributed by atoms with Crippen LogP contribution in [-0.2, 0) is 9.59 Å². The average molecular weight is 264 g/mol. The largest absolute Gasteiger partial charge is 0.497 e. The number of rotatable bonds is 5. The molecule has 1 aromatic rings. The monoisotopic (exact) mass is 264 g/mol. The van der Waals surface area contributed by atoms with E-state index in [-0.39, 0.29) is 24.3 Å². The predicted octanol–water partition coefficient (Wildman–Crippen LogP) is 1.35. The van der Waals surface area contributed by atoms with Gasteiger partial charge in [0.1, 0.15) is 5.75 Å². The molecule has 0 saturated carbocycles. The number of hydrogen-bond donors (Lipinski definition) is 1. The quantitative estimate of drug-likeness (QED) is 0.873. The molecule has 1 rings (SSSR count). The molecule has 1 atom stereocenters. The maximum atomic E-state index is 11.8. The Kier molecular flexibility index (Phi) is 5.36. The molecule has 0 aliphatic carbocycles. The highest BCUT2D eigenvalue weighted by Gasteiger charge is 2.18. The highest BCUT2D eigenvalue weighted by molar-refractivity contribution is 5.78. The van der Waals surface area contributed by atoms with Crippen LogP contribution in [0.3, 0.4) is 0 Å². The number of amides is 2. The molecule has 104 valence electrons. The van der Waals surface area contributed by atoms with Gasteiger partial charge in [-0.1, -0.05) is 12.1 Å². The molecular weight excluding hydrogens is 244 g/mol. The number of hydrogen-bond acceptors (Lipinski definition) is 3. The van der Waals surface area contributed by atoms with Gasteiger partial charge in [0, 0.05) is 21.0 Å². The van der Waals surface area contributed by atoms with E-state index in [0.29, 0.717) is 0 Å². The van der Waals surface area contributed by atoms with E-state index in [1.807, 2.05) is 24.3 Å². The Balaban J connectivity index is 2.88. The summed E-state index contributed by atoms with van der Waals surface area (Å²) in [5, 5.41) is 2.79. The molecule has 1 aromatic carbocycles. The molecule has 0 aliphatic rings. The first-order valence-electron chi connectivity index (χ1n) is 6.05. The molecule has 0 fully saturated rings. The first-order chi connectivity index (χ1) is 8.93. The minimum absolute atomic E-state index is 0.0328. The van der Waals surface area contributed by atoms with Crippen molar-refractivity contribution in [3.8, 4) is 5.75 Å². The van der Waals surface area contributed by atoms with Crippen molar-refractivity contribution in [2.45, 2.75) is 19.4 Å². The number of nitrogens with zero attached hydrogens (tertiary/aromatic N) is 1. The highest BCUT2D eigenvalue weighted by Crippen LogP contribution is 2.20. The van der Waals surface area contributed by atoms with Crippen LogP contribution in [0.15, 0.2) is 24.3 Å². The van der Waals surface area contributed by atoms with Gasteiger partial charge in [0.05, 0.1) is 19.6 Å². The maximum absolute atomic E-state index is 11.8. The van der Waals surface area contributed by atoms with Gasteiger partial charge in [0.25, 0.3) is 0 Å². The van der Waals surface area contributed by atoms with E-state index in [0.717, 1.165) is 11.3 Å². The van der Waals surface area contributed by atoms with Crippen LogP contribution in [-0.4, -0.2) is 37.9 Å². The summed E-state index contributed by atoms with van der Waals surface area (Å²) >= 11 is 0. The first-order valence-corrected chi connectivity index (χ1v) is 6.05. The summed E-state index contributed by atoms with van der Waals surface area (Å²) in [5.74, 6) is 0.547. The summed E-state index contributed by atoms with van der Waals surface area (Å²) in [6.07, 6.45) is 0.235. The third kappa shape index (κ3) is 4.62. The van der Waals surface area contributed by atoms with Gasteiger partial charge in [0.15, 0.2) is 0 Å². The van der Waals surface area contributed by atoms with E-state index in [2.05, 4.69) is 5.32 Å². The third-order valence-electron chi connectivity index (χ3n) is 2.77. The van der Waals surface area contributed by atoms with Crippen molar-refractivity contribution >= 4 is 11.8 Å². The second kappa shape index (κ2) is 6.78. The number of carbonyl (C=O) groups is 2. The molecule has 1 unspecified atom stereocenters. The van der Waals surface area contributed by atoms with E-state index >= 15 is 0 Å². The van der Waals surface area contributed by atoms with E-state index in [9.17, 15) is 9.59 Å². The second-order valence-corrected chi connectivity index (χ2v) is 4.52. The number of carbonyl (C=O) groups excluding carboxylic acids is 2. The number of methoxy groups -OCH3 is 1. The second-order valence-electron chi connectivity index (χ2n) is 4.52. The Bertz CT molecular complexity index is 441. The molecular formula is C14H20N2O3. The van der Waals surface area contributed by atoms with E-state index < -0.39 is 0 Å². The van der Waals surface area contributed by atoms with E-state index in [4.69, 9.17) is 4.74 Å². The molecule has 0 radical (unpaired) electrons. The highest BCUT2D eigenvalue weighted by atomic mass is 16.5. The molecule has 0 spiro atoms. The molecule has 0 bridgehead atoms. The minimum atomic E-state index is -0.321. The lowest BCUT2D eigenvalue weighted by Gasteiger charge is -2.20. The van der Waals surface area contributed by atoms with Crippen LogP contribution >= 0.6 is 0 Å². The van der Waals surface area contributed by atoms with E-state index in [1.54, 1.807) is 21.2 Å². The minimum Gasteiger partial charge on any atom is -0.497 e. The summed E-state index contributed by atoms with van der Waals surface area (Å²) < 4.78 is 5.09. The Morgan fingerprint density at radius 3 is 2.26 bits per heavy atom. The van der Waals surface area contributed by atoms with Gasteiger partial charge in [-0.3, -0.25) is 9.59 Å². The van der Waals surface area contributed by atoms with Crippen molar-refractivity contribution in [3.63, 3.8) is 0 Å². The van der Waals surface area contributed by atoms with Crippen molar-refractivity contribution in [1.29, 1.82) is 0 Å². The molecule has 5 nitrogen and oxygen atoms in total. The zero-order valence-corrected chi connectivity index (χ0v) is 11.8. The lowest BCUT2D eigenvalue weighted by molar-refractivity contribution is -0.129. The normalized spacial score (nSPS) is 11.6. The summed E-state index contributed by atoms with van der Waals surface area (Å²) in [4.78, 5) is 24.5. The van der Waals surface area contributed by atoms with Gasteiger partial charge < -0.3 is 15.0 Å². The smallest absolute Gasteiger partial charge is 0.224 e. The molecule has 2 amide bonds. The van der Waals surface area contributed by atoms with Crippen LogP contribution in [0.5, 0.6) is 5.75 Å². The zero-order chi connectivity index (χ0) is 14.4. The van der Waals surface area contributed by atoms with Crippen molar-refractivity contribution in [1.82, 2.24) is 10.2 Å². The first kappa shape index (κ1) is 15.0. The van der Waals surface area contributed by atoms with Crippen molar-refractivity contribution in [2.24, 2.45) is 0 Å². The van der Waals surface area contributed by atoms with Crippen LogP contribution in [0.4, 0.5) is 0 Å². The molecule has 0 aliphatic heterocycles. The fourth-order valence-electron chi connectivity index (χ4n) is 1.69. The number of ether oxygens (including phenoxy) is 1. The van der Waals surface area contributed by atoms with Crippen LogP contribution < -0.4 is 10.1 Å². The van der Waals surface area contributed by atoms with Crippen LogP contribution in [0.25, 0.3) is 0 Å². The average Bonchev–Trinajstić information content (AvgIpc) is 2.37. The number of benzene rings is 1. The van der Waals surface area contributed by atoms with Gasteiger partial charge in [-0.15, -0.1) is 0 Å². The summed E-state index contributed by atoms with van der Waals surface area (Å²) in [6.45, 7) is 1.44. The Morgan fingerprint density at radius 2 is 1.84 bits per heavy atom. The molecule has 0 aromatic heterocycles. The predicted molar refractivity (Wildman–Crippen MR) is 72.9 cm³/mol. The summed E-state index contributed by atoms with van der Waals surface area (Å²) in [5.41, 5.74) is 0.881. The number of nitrogens with one attached hydrogen (secondary N) is 1. The van der Waals surface area contributed by atoms with Crippen molar-refractivity contribution in [3.05, 3.63) is 29.8 Å². The van der Waals surface area contributed by atoms with Gasteiger partial charge in [-0.25, -0.2) is 0 Å². The molecule has 0 heterocycles.